The van der Waals surface area contributed by atoms with Crippen LogP contribution in [0.15, 0.2) is 10.6 Å². The van der Waals surface area contributed by atoms with Gasteiger partial charge in [-0.05, 0) is 12.8 Å². The molecule has 8 heteroatoms. The number of amides is 1. The Bertz CT molecular complexity index is 615. The minimum absolute atomic E-state index is 0.0969. The molecule has 0 spiro atoms. The lowest BCUT2D eigenvalue weighted by Crippen LogP contribution is -2.12. The van der Waals surface area contributed by atoms with Crippen LogP contribution in [-0.4, -0.2) is 31.4 Å². The van der Waals surface area contributed by atoms with Crippen LogP contribution in [-0.2, 0) is 6.61 Å². The minimum Gasteiger partial charge on any atom is -0.388 e. The molecule has 0 atom stereocenters. The maximum atomic E-state index is 12.0. The number of aromatic nitrogens is 4. The summed E-state index contributed by atoms with van der Waals surface area (Å²) in [6.07, 6.45) is 5.84. The Labute approximate surface area is 120 Å². The highest BCUT2D eigenvalue weighted by Crippen LogP contribution is 2.32. The summed E-state index contributed by atoms with van der Waals surface area (Å²) in [5, 5.41) is 21.6. The number of aromatic amines is 1. The third-order valence-electron chi connectivity index (χ3n) is 3.68. The van der Waals surface area contributed by atoms with Gasteiger partial charge in [-0.25, -0.2) is 0 Å². The number of carbonyl (C=O) groups is 1. The van der Waals surface area contributed by atoms with Gasteiger partial charge in [0.1, 0.15) is 6.61 Å². The van der Waals surface area contributed by atoms with E-state index in [4.69, 9.17) is 9.63 Å². The van der Waals surface area contributed by atoms with Crippen LogP contribution in [0.1, 0.15) is 60.1 Å². The Morgan fingerprint density at radius 3 is 2.95 bits per heavy atom. The molecule has 2 aromatic rings. The van der Waals surface area contributed by atoms with Gasteiger partial charge >= 0.3 is 0 Å². The Kier molecular flexibility index (Phi) is 3.96. The Morgan fingerprint density at radius 1 is 1.43 bits per heavy atom. The van der Waals surface area contributed by atoms with Gasteiger partial charge in [-0.3, -0.25) is 15.2 Å². The van der Waals surface area contributed by atoms with Gasteiger partial charge in [-0.2, -0.15) is 4.98 Å². The van der Waals surface area contributed by atoms with Gasteiger partial charge in [0.15, 0.2) is 5.82 Å². The number of hydrogen-bond acceptors (Lipinski definition) is 6. The zero-order valence-electron chi connectivity index (χ0n) is 11.5. The number of carbonyl (C=O) groups excluding carboxylic acids is 1. The van der Waals surface area contributed by atoms with Crippen molar-refractivity contribution in [3.05, 3.63) is 23.3 Å². The van der Waals surface area contributed by atoms with E-state index in [1.165, 1.54) is 19.3 Å². The largest absolute Gasteiger partial charge is 0.388 e. The van der Waals surface area contributed by atoms with E-state index in [1.54, 1.807) is 6.07 Å². The number of aliphatic hydroxyl groups excluding tert-OH is 1. The summed E-state index contributed by atoms with van der Waals surface area (Å²) in [6.45, 7) is -0.267. The average Bonchev–Trinajstić information content (AvgIpc) is 3.17. The molecule has 1 aliphatic rings. The maximum absolute atomic E-state index is 12.0. The van der Waals surface area contributed by atoms with Gasteiger partial charge in [0.2, 0.25) is 11.7 Å². The number of rotatable bonds is 4. The molecule has 1 fully saturated rings. The van der Waals surface area contributed by atoms with Gasteiger partial charge in [0.05, 0.1) is 5.69 Å². The van der Waals surface area contributed by atoms with Gasteiger partial charge in [0.25, 0.3) is 5.91 Å². The van der Waals surface area contributed by atoms with Crippen molar-refractivity contribution in [2.24, 2.45) is 0 Å². The summed E-state index contributed by atoms with van der Waals surface area (Å²) in [4.78, 5) is 15.9. The van der Waals surface area contributed by atoms with Crippen LogP contribution < -0.4 is 5.32 Å². The summed E-state index contributed by atoms with van der Waals surface area (Å²) in [6, 6.07) is 1.69. The number of aliphatic hydroxyl groups is 1. The maximum Gasteiger partial charge on any atom is 0.296 e. The Hall–Kier alpha value is -2.22. The van der Waals surface area contributed by atoms with E-state index in [0.29, 0.717) is 5.92 Å². The van der Waals surface area contributed by atoms with Crippen molar-refractivity contribution in [1.29, 1.82) is 0 Å². The van der Waals surface area contributed by atoms with Crippen molar-refractivity contribution in [1.82, 2.24) is 20.3 Å². The van der Waals surface area contributed by atoms with Gasteiger partial charge in [0, 0.05) is 12.0 Å². The second-order valence-electron chi connectivity index (χ2n) is 5.17. The van der Waals surface area contributed by atoms with Crippen LogP contribution in [0.25, 0.3) is 0 Å². The molecule has 1 saturated carbocycles. The smallest absolute Gasteiger partial charge is 0.296 e. The number of nitrogens with zero attached hydrogens (tertiary/aromatic N) is 3. The number of hydrogen-bond donors (Lipinski definition) is 3. The molecule has 3 rings (SSSR count). The second kappa shape index (κ2) is 6.04. The van der Waals surface area contributed by atoms with E-state index in [1.807, 2.05) is 0 Å². The highest BCUT2D eigenvalue weighted by Gasteiger charge is 2.22. The molecule has 1 amide bonds. The molecule has 2 aromatic heterocycles. The van der Waals surface area contributed by atoms with Crippen LogP contribution in [0.2, 0.25) is 0 Å². The summed E-state index contributed by atoms with van der Waals surface area (Å²) >= 11 is 0. The van der Waals surface area contributed by atoms with E-state index in [-0.39, 0.29) is 24.1 Å². The molecule has 0 bridgehead atoms. The predicted molar refractivity (Wildman–Crippen MR) is 72.6 cm³/mol. The van der Waals surface area contributed by atoms with Crippen molar-refractivity contribution in [2.45, 2.75) is 44.6 Å². The zero-order chi connectivity index (χ0) is 14.7. The lowest BCUT2D eigenvalue weighted by Gasteiger charge is -2.18. The Morgan fingerprint density at radius 2 is 2.24 bits per heavy atom. The summed E-state index contributed by atoms with van der Waals surface area (Å²) in [7, 11) is 0. The van der Waals surface area contributed by atoms with Crippen LogP contribution in [0.5, 0.6) is 0 Å². The molecule has 0 unspecified atom stereocenters. The molecule has 2 heterocycles. The van der Waals surface area contributed by atoms with E-state index < -0.39 is 5.91 Å². The molecule has 3 N–H and O–H groups in total. The standard InChI is InChI=1S/C13H17N5O3/c19-7-11-14-13(17-16-11)15-12(20)10-6-9(18-21-10)8-4-2-1-3-5-8/h6,8,19H,1-5,7H2,(H2,14,15,16,17,20). The molecular weight excluding hydrogens is 274 g/mol. The molecule has 1 aliphatic carbocycles. The van der Waals surface area contributed by atoms with E-state index in [2.05, 4.69) is 25.7 Å². The first kappa shape index (κ1) is 13.7. The summed E-state index contributed by atoms with van der Waals surface area (Å²) < 4.78 is 5.11. The van der Waals surface area contributed by atoms with Crippen LogP contribution in [0, 0.1) is 0 Å². The van der Waals surface area contributed by atoms with Crippen LogP contribution >= 0.6 is 0 Å². The van der Waals surface area contributed by atoms with Crippen molar-refractivity contribution >= 4 is 11.9 Å². The van der Waals surface area contributed by atoms with Crippen molar-refractivity contribution in [3.8, 4) is 0 Å². The van der Waals surface area contributed by atoms with E-state index in [9.17, 15) is 4.79 Å². The minimum atomic E-state index is -0.451. The van der Waals surface area contributed by atoms with E-state index >= 15 is 0 Å². The molecule has 8 nitrogen and oxygen atoms in total. The zero-order valence-corrected chi connectivity index (χ0v) is 11.5. The third kappa shape index (κ3) is 3.10. The molecule has 0 saturated heterocycles. The Balaban J connectivity index is 1.66. The SMILES string of the molecule is O=C(Nc1n[nH]c(CO)n1)c1cc(C2CCCCC2)no1. The first-order chi connectivity index (χ1) is 10.3. The number of H-pyrrole nitrogens is 1. The van der Waals surface area contributed by atoms with Gasteiger partial charge < -0.3 is 9.63 Å². The fourth-order valence-corrected chi connectivity index (χ4v) is 2.57. The molecular formula is C13H17N5O3. The summed E-state index contributed by atoms with van der Waals surface area (Å²) in [5.41, 5.74) is 0.839. The first-order valence-electron chi connectivity index (χ1n) is 7.06. The lowest BCUT2D eigenvalue weighted by atomic mass is 9.87. The second-order valence-corrected chi connectivity index (χ2v) is 5.17. The molecule has 112 valence electrons. The van der Waals surface area contributed by atoms with Crippen LogP contribution in [0.3, 0.4) is 0 Å². The molecule has 0 aromatic carbocycles. The molecule has 0 aliphatic heterocycles. The van der Waals surface area contributed by atoms with Gasteiger partial charge in [-0.1, -0.05) is 24.4 Å². The monoisotopic (exact) mass is 291 g/mol. The average molecular weight is 291 g/mol. The highest BCUT2D eigenvalue weighted by atomic mass is 16.5. The molecule has 0 radical (unpaired) electrons. The van der Waals surface area contributed by atoms with Crippen molar-refractivity contribution in [2.75, 3.05) is 5.32 Å². The van der Waals surface area contributed by atoms with Crippen molar-refractivity contribution < 1.29 is 14.4 Å². The number of anilines is 1. The fourth-order valence-electron chi connectivity index (χ4n) is 2.57. The first-order valence-corrected chi connectivity index (χ1v) is 7.06. The van der Waals surface area contributed by atoms with Crippen molar-refractivity contribution in [3.63, 3.8) is 0 Å². The summed E-state index contributed by atoms with van der Waals surface area (Å²) in [5.74, 6) is 0.456. The molecule has 21 heavy (non-hydrogen) atoms. The predicted octanol–water partition coefficient (Wildman–Crippen LogP) is 1.58. The van der Waals surface area contributed by atoms with Crippen LogP contribution in [0.4, 0.5) is 5.95 Å². The van der Waals surface area contributed by atoms with Gasteiger partial charge in [-0.15, -0.1) is 5.10 Å². The van der Waals surface area contributed by atoms with E-state index in [0.717, 1.165) is 18.5 Å². The quantitative estimate of drug-likeness (QED) is 0.787. The number of nitrogens with one attached hydrogen (secondary N) is 2. The highest BCUT2D eigenvalue weighted by molar-refractivity contribution is 6.01. The normalized spacial score (nSPS) is 16.0. The third-order valence-corrected chi connectivity index (χ3v) is 3.68. The fraction of sp³-hybridized carbons (Fsp3) is 0.538. The topological polar surface area (TPSA) is 117 Å². The lowest BCUT2D eigenvalue weighted by molar-refractivity contribution is 0.0987.